The molecule has 1 saturated heterocycles. The van der Waals surface area contributed by atoms with Crippen molar-refractivity contribution in [3.05, 3.63) is 21.3 Å². The molecule has 6 heteroatoms. The fourth-order valence-electron chi connectivity index (χ4n) is 2.84. The summed E-state index contributed by atoms with van der Waals surface area (Å²) < 4.78 is 0.770. The molecule has 1 aliphatic heterocycles. The molecule has 118 valence electrons. The number of nitrogens with two attached hydrogens (primary N) is 1. The normalized spacial score (nSPS) is 19.7. The monoisotopic (exact) mass is 329 g/mol. The Morgan fingerprint density at radius 3 is 3.05 bits per heavy atom. The smallest absolute Gasteiger partial charge is 0.236 e. The van der Waals surface area contributed by atoms with E-state index in [9.17, 15) is 4.79 Å². The molecular weight excluding hydrogens is 306 g/mol. The van der Waals surface area contributed by atoms with Crippen LogP contribution in [0.3, 0.4) is 0 Å². The fraction of sp³-hybridized carbons (Fsp3) is 0.667. The Balaban J connectivity index is 1.80. The predicted octanol–water partition coefficient (Wildman–Crippen LogP) is 2.42. The molecule has 0 aliphatic carbocycles. The van der Waals surface area contributed by atoms with E-state index in [0.717, 1.165) is 35.3 Å². The molecule has 0 radical (unpaired) electrons. The van der Waals surface area contributed by atoms with Gasteiger partial charge in [0.25, 0.3) is 0 Å². The van der Waals surface area contributed by atoms with Crippen LogP contribution in [-0.4, -0.2) is 48.9 Å². The van der Waals surface area contributed by atoms with Crippen LogP contribution in [0.2, 0.25) is 4.34 Å². The number of piperidine rings is 1. The van der Waals surface area contributed by atoms with Gasteiger partial charge in [0.15, 0.2) is 0 Å². The number of rotatable bonds is 6. The summed E-state index contributed by atoms with van der Waals surface area (Å²) in [5, 5.41) is 0. The zero-order valence-electron chi connectivity index (χ0n) is 12.6. The van der Waals surface area contributed by atoms with E-state index in [0.29, 0.717) is 19.0 Å². The van der Waals surface area contributed by atoms with E-state index in [1.165, 1.54) is 24.2 Å². The average Bonchev–Trinajstić information content (AvgIpc) is 2.85. The van der Waals surface area contributed by atoms with Crippen molar-refractivity contribution in [1.82, 2.24) is 9.80 Å². The Bertz CT molecular complexity index is 464. The highest BCUT2D eigenvalue weighted by Gasteiger charge is 2.22. The first-order chi connectivity index (χ1) is 10.1. The number of halogens is 1. The Kier molecular flexibility index (Phi) is 6.48. The van der Waals surface area contributed by atoms with E-state index in [2.05, 4.69) is 4.90 Å². The van der Waals surface area contributed by atoms with Crippen LogP contribution in [0.25, 0.3) is 0 Å². The van der Waals surface area contributed by atoms with Crippen LogP contribution in [0.4, 0.5) is 0 Å². The molecule has 1 aliphatic rings. The van der Waals surface area contributed by atoms with Gasteiger partial charge in [0, 0.05) is 18.5 Å². The first kappa shape index (κ1) is 16.7. The first-order valence-electron chi connectivity index (χ1n) is 7.49. The van der Waals surface area contributed by atoms with Crippen molar-refractivity contribution in [3.8, 4) is 0 Å². The Labute approximate surface area is 135 Å². The number of thiophene rings is 1. The van der Waals surface area contributed by atoms with Crippen molar-refractivity contribution in [3.63, 3.8) is 0 Å². The summed E-state index contributed by atoms with van der Waals surface area (Å²) in [5.41, 5.74) is 5.64. The van der Waals surface area contributed by atoms with E-state index in [4.69, 9.17) is 17.3 Å². The van der Waals surface area contributed by atoms with Crippen LogP contribution in [0.15, 0.2) is 12.1 Å². The van der Waals surface area contributed by atoms with Crippen LogP contribution in [0.1, 0.15) is 24.1 Å². The maximum atomic E-state index is 12.3. The van der Waals surface area contributed by atoms with Crippen LogP contribution in [-0.2, 0) is 11.3 Å². The van der Waals surface area contributed by atoms with Crippen LogP contribution in [0.5, 0.6) is 0 Å². The molecule has 2 rings (SSSR count). The van der Waals surface area contributed by atoms with Crippen LogP contribution >= 0.6 is 22.9 Å². The number of hydrogen-bond donors (Lipinski definition) is 1. The predicted molar refractivity (Wildman–Crippen MR) is 88.6 cm³/mol. The van der Waals surface area contributed by atoms with Crippen molar-refractivity contribution >= 4 is 28.8 Å². The number of likely N-dealkylation sites (tertiary alicyclic amines) is 1. The molecule has 0 bridgehead atoms. The third-order valence-corrected chi connectivity index (χ3v) is 5.20. The Morgan fingerprint density at radius 2 is 2.38 bits per heavy atom. The van der Waals surface area contributed by atoms with Gasteiger partial charge in [-0.05, 0) is 50.4 Å². The van der Waals surface area contributed by atoms with Crippen LogP contribution < -0.4 is 5.73 Å². The Hall–Kier alpha value is -0.620. The molecule has 1 aromatic heterocycles. The van der Waals surface area contributed by atoms with Crippen molar-refractivity contribution in [2.24, 2.45) is 11.7 Å². The zero-order valence-corrected chi connectivity index (χ0v) is 14.1. The number of likely N-dealkylation sites (N-methyl/N-ethyl adjacent to an activating group) is 1. The molecule has 0 spiro atoms. The molecule has 4 nitrogen and oxygen atoms in total. The molecule has 21 heavy (non-hydrogen) atoms. The lowest BCUT2D eigenvalue weighted by Crippen LogP contribution is -2.43. The molecule has 2 heterocycles. The summed E-state index contributed by atoms with van der Waals surface area (Å²) >= 11 is 7.45. The third-order valence-electron chi connectivity index (χ3n) is 3.98. The van der Waals surface area contributed by atoms with Gasteiger partial charge in [0.1, 0.15) is 0 Å². The van der Waals surface area contributed by atoms with Gasteiger partial charge < -0.3 is 10.6 Å². The van der Waals surface area contributed by atoms with E-state index >= 15 is 0 Å². The van der Waals surface area contributed by atoms with Crippen molar-refractivity contribution < 1.29 is 4.79 Å². The van der Waals surface area contributed by atoms with E-state index in [1.54, 1.807) is 4.90 Å². The van der Waals surface area contributed by atoms with Gasteiger partial charge in [0.2, 0.25) is 5.91 Å². The molecule has 1 atom stereocenters. The highest BCUT2D eigenvalue weighted by Crippen LogP contribution is 2.23. The summed E-state index contributed by atoms with van der Waals surface area (Å²) in [6, 6.07) is 3.86. The van der Waals surface area contributed by atoms with Crippen LogP contribution in [0, 0.1) is 5.92 Å². The highest BCUT2D eigenvalue weighted by molar-refractivity contribution is 7.16. The van der Waals surface area contributed by atoms with Gasteiger partial charge in [-0.2, -0.15) is 0 Å². The third kappa shape index (κ3) is 5.25. The summed E-state index contributed by atoms with van der Waals surface area (Å²) in [7, 11) is 1.86. The summed E-state index contributed by atoms with van der Waals surface area (Å²) in [4.78, 5) is 17.5. The minimum Gasteiger partial charge on any atom is -0.340 e. The maximum absolute atomic E-state index is 12.3. The quantitative estimate of drug-likeness (QED) is 0.872. The van der Waals surface area contributed by atoms with Crippen molar-refractivity contribution in [2.75, 3.05) is 33.2 Å². The molecule has 1 fully saturated rings. The largest absolute Gasteiger partial charge is 0.340 e. The molecule has 1 amide bonds. The summed E-state index contributed by atoms with van der Waals surface area (Å²) in [6.07, 6.45) is 3.47. The molecule has 1 unspecified atom stereocenters. The molecule has 1 aromatic rings. The number of hydrogen-bond acceptors (Lipinski definition) is 4. The fourth-order valence-corrected chi connectivity index (χ4v) is 3.98. The highest BCUT2D eigenvalue weighted by atomic mass is 35.5. The lowest BCUT2D eigenvalue weighted by Gasteiger charge is -2.33. The molecule has 2 N–H and O–H groups in total. The van der Waals surface area contributed by atoms with E-state index in [-0.39, 0.29) is 5.91 Å². The lowest BCUT2D eigenvalue weighted by atomic mass is 9.95. The Morgan fingerprint density at radius 1 is 1.57 bits per heavy atom. The number of nitrogens with zero attached hydrogens (tertiary/aromatic N) is 2. The minimum atomic E-state index is 0.174. The standard InChI is InChI=1S/C15H24ClN3OS/c1-18(10-13-4-5-14(16)21-13)15(20)11-19-8-2-3-12(9-19)6-7-17/h4-5,12H,2-3,6-11,17H2,1H3. The van der Waals surface area contributed by atoms with Gasteiger partial charge in [-0.1, -0.05) is 11.6 Å². The number of amides is 1. The maximum Gasteiger partial charge on any atom is 0.236 e. The summed E-state index contributed by atoms with van der Waals surface area (Å²) in [5.74, 6) is 0.825. The minimum absolute atomic E-state index is 0.174. The van der Waals surface area contributed by atoms with Gasteiger partial charge in [-0.25, -0.2) is 0 Å². The summed E-state index contributed by atoms with van der Waals surface area (Å²) in [6.45, 7) is 3.91. The molecule has 0 saturated carbocycles. The second kappa shape index (κ2) is 8.13. The van der Waals surface area contributed by atoms with E-state index < -0.39 is 0 Å². The topological polar surface area (TPSA) is 49.6 Å². The second-order valence-corrected chi connectivity index (χ2v) is 7.58. The van der Waals surface area contributed by atoms with Crippen molar-refractivity contribution in [1.29, 1.82) is 0 Å². The van der Waals surface area contributed by atoms with Gasteiger partial charge in [-0.15, -0.1) is 11.3 Å². The van der Waals surface area contributed by atoms with Gasteiger partial charge in [-0.3, -0.25) is 9.69 Å². The number of carbonyl (C=O) groups excluding carboxylic acids is 1. The molecule has 0 aromatic carbocycles. The van der Waals surface area contributed by atoms with E-state index in [1.807, 2.05) is 19.2 Å². The lowest BCUT2D eigenvalue weighted by molar-refractivity contribution is -0.132. The second-order valence-electron chi connectivity index (χ2n) is 5.78. The SMILES string of the molecule is CN(Cc1ccc(Cl)s1)C(=O)CN1CCCC(CCN)C1. The average molecular weight is 330 g/mol. The molecular formula is C15H24ClN3OS. The van der Waals surface area contributed by atoms with Gasteiger partial charge >= 0.3 is 0 Å². The first-order valence-corrected chi connectivity index (χ1v) is 8.68. The van der Waals surface area contributed by atoms with Gasteiger partial charge in [0.05, 0.1) is 17.4 Å². The number of carbonyl (C=O) groups is 1. The van der Waals surface area contributed by atoms with Crippen molar-refractivity contribution in [2.45, 2.75) is 25.8 Å². The zero-order chi connectivity index (χ0) is 15.2.